The van der Waals surface area contributed by atoms with Gasteiger partial charge in [-0.2, -0.15) is 15.1 Å². The van der Waals surface area contributed by atoms with Crippen LogP contribution in [0.4, 0.5) is 0 Å². The summed E-state index contributed by atoms with van der Waals surface area (Å²) in [6.45, 7) is 7.08. The van der Waals surface area contributed by atoms with Crippen molar-refractivity contribution < 1.29 is 19.0 Å². The lowest BCUT2D eigenvalue weighted by molar-refractivity contribution is -0.114. The molecule has 0 spiro atoms. The minimum absolute atomic E-state index is 0.0432. The summed E-state index contributed by atoms with van der Waals surface area (Å²) in [5, 5.41) is 16.3. The number of hydrogen-bond donors (Lipinski definition) is 1. The quantitative estimate of drug-likeness (QED) is 0.268. The number of ether oxygens (including phenoxy) is 3. The van der Waals surface area contributed by atoms with E-state index in [1.807, 2.05) is 6.07 Å². The average molecular weight is 561 g/mol. The third-order valence-corrected chi connectivity index (χ3v) is 8.38. The number of methoxy groups -OCH3 is 1. The van der Waals surface area contributed by atoms with E-state index in [4.69, 9.17) is 19.6 Å². The van der Waals surface area contributed by atoms with Crippen molar-refractivity contribution in [2.45, 2.75) is 58.8 Å². The zero-order valence-corrected chi connectivity index (χ0v) is 24.3. The fourth-order valence-corrected chi connectivity index (χ4v) is 6.19. The lowest BCUT2D eigenvalue weighted by Gasteiger charge is -2.20. The molecule has 0 aromatic heterocycles. The summed E-state index contributed by atoms with van der Waals surface area (Å²) < 4.78 is 17.6. The number of aryl methyl sites for hydroxylation is 1. The first kappa shape index (κ1) is 28.0. The van der Waals surface area contributed by atoms with E-state index in [-0.39, 0.29) is 11.4 Å². The molecule has 0 bridgehead atoms. The van der Waals surface area contributed by atoms with Gasteiger partial charge in [-0.3, -0.25) is 10.2 Å². The Labute approximate surface area is 240 Å². The monoisotopic (exact) mass is 560 g/mol. The maximum atomic E-state index is 12.9. The number of hydrazone groups is 1. The summed E-state index contributed by atoms with van der Waals surface area (Å²) in [6, 6.07) is 11.7. The molecular formula is C31H36N4O4S. The van der Waals surface area contributed by atoms with E-state index >= 15 is 0 Å². The minimum atomic E-state index is -0.433. The number of amidine groups is 2. The van der Waals surface area contributed by atoms with Gasteiger partial charge in [-0.15, -0.1) is 0 Å². The summed E-state index contributed by atoms with van der Waals surface area (Å²) in [5.74, 6) is 2.34. The molecule has 8 nitrogen and oxygen atoms in total. The predicted octanol–water partition coefficient (Wildman–Crippen LogP) is 6.78. The van der Waals surface area contributed by atoms with Gasteiger partial charge in [-0.05, 0) is 78.4 Å². The molecule has 9 heteroatoms. The van der Waals surface area contributed by atoms with Crippen LogP contribution >= 0.6 is 11.8 Å². The minimum Gasteiger partial charge on any atom is -0.493 e. The molecule has 2 heterocycles. The highest BCUT2D eigenvalue weighted by Gasteiger charge is 2.38. The van der Waals surface area contributed by atoms with Gasteiger partial charge in [0.05, 0.1) is 12.7 Å². The summed E-state index contributed by atoms with van der Waals surface area (Å²) >= 11 is 1.43. The molecule has 1 saturated carbocycles. The van der Waals surface area contributed by atoms with Crippen molar-refractivity contribution in [2.75, 3.05) is 20.3 Å². The molecule has 210 valence electrons. The highest BCUT2D eigenvalue weighted by molar-refractivity contribution is 8.27. The Bertz CT molecular complexity index is 1390. The van der Waals surface area contributed by atoms with Crippen LogP contribution in [0.15, 0.2) is 52.1 Å². The molecule has 1 amide bonds. The Balaban J connectivity index is 1.25. The van der Waals surface area contributed by atoms with Crippen LogP contribution in [0, 0.1) is 18.3 Å². The molecule has 0 atom stereocenters. The van der Waals surface area contributed by atoms with Crippen molar-refractivity contribution >= 4 is 39.8 Å². The fourth-order valence-electron chi connectivity index (χ4n) is 5.13. The van der Waals surface area contributed by atoms with Gasteiger partial charge in [-0.25, -0.2) is 0 Å². The van der Waals surface area contributed by atoms with Crippen molar-refractivity contribution in [3.63, 3.8) is 0 Å². The van der Waals surface area contributed by atoms with Crippen LogP contribution in [-0.2, 0) is 4.79 Å². The topological polar surface area (TPSA) is 96.6 Å². The zero-order valence-electron chi connectivity index (χ0n) is 23.5. The van der Waals surface area contributed by atoms with Crippen molar-refractivity contribution in [3.05, 3.63) is 58.7 Å². The van der Waals surface area contributed by atoms with Crippen LogP contribution < -0.4 is 14.2 Å². The SMILES string of the molecule is COc1cc(/C=C2/C(=N)N3N=C(C4CCCCC4)SC3=NC2=O)ccc1OCCOc1cc(C)ccc1C(C)C. The number of thioether (sulfide) groups is 1. The van der Waals surface area contributed by atoms with Crippen LogP contribution in [0.2, 0.25) is 0 Å². The first-order chi connectivity index (χ1) is 19.3. The Hall–Kier alpha value is -3.59. The molecule has 2 aromatic carbocycles. The number of rotatable bonds is 9. The fraction of sp³-hybridized carbons (Fsp3) is 0.419. The molecule has 0 saturated heterocycles. The Morgan fingerprint density at radius 3 is 2.52 bits per heavy atom. The van der Waals surface area contributed by atoms with Gasteiger partial charge in [0.1, 0.15) is 24.0 Å². The second-order valence-electron chi connectivity index (χ2n) is 10.6. The van der Waals surface area contributed by atoms with Crippen LogP contribution in [-0.4, -0.2) is 47.3 Å². The van der Waals surface area contributed by atoms with Crippen LogP contribution in [0.5, 0.6) is 17.2 Å². The van der Waals surface area contributed by atoms with E-state index in [1.54, 1.807) is 25.3 Å². The molecular weight excluding hydrogens is 524 g/mol. The first-order valence-electron chi connectivity index (χ1n) is 13.9. The summed E-state index contributed by atoms with van der Waals surface area (Å²) in [7, 11) is 1.57. The Kier molecular flexibility index (Phi) is 8.59. The van der Waals surface area contributed by atoms with Crippen molar-refractivity contribution in [1.29, 1.82) is 5.41 Å². The highest BCUT2D eigenvalue weighted by Crippen LogP contribution is 2.37. The number of aliphatic imine (C=N–C) groups is 1. The third kappa shape index (κ3) is 6.09. The number of nitrogens with one attached hydrogen (secondary N) is 1. The third-order valence-electron chi connectivity index (χ3n) is 7.31. The average Bonchev–Trinajstić information content (AvgIpc) is 3.38. The predicted molar refractivity (Wildman–Crippen MR) is 161 cm³/mol. The summed E-state index contributed by atoms with van der Waals surface area (Å²) in [5.41, 5.74) is 3.22. The Morgan fingerprint density at radius 1 is 1.05 bits per heavy atom. The van der Waals surface area contributed by atoms with E-state index in [1.165, 1.54) is 41.6 Å². The number of carbonyl (C=O) groups excluding carboxylic acids is 1. The second kappa shape index (κ2) is 12.3. The van der Waals surface area contributed by atoms with E-state index < -0.39 is 5.91 Å². The normalized spacial score (nSPS) is 18.6. The molecule has 1 N–H and O–H groups in total. The van der Waals surface area contributed by atoms with Gasteiger partial charge in [0.15, 0.2) is 17.3 Å². The van der Waals surface area contributed by atoms with E-state index in [9.17, 15) is 4.79 Å². The van der Waals surface area contributed by atoms with Gasteiger partial charge < -0.3 is 14.2 Å². The van der Waals surface area contributed by atoms with Gasteiger partial charge in [0.25, 0.3) is 5.91 Å². The number of benzene rings is 2. The van der Waals surface area contributed by atoms with Crippen LogP contribution in [0.1, 0.15) is 68.6 Å². The molecule has 3 aliphatic rings. The summed E-state index contributed by atoms with van der Waals surface area (Å²) in [4.78, 5) is 17.1. The molecule has 2 aromatic rings. The second-order valence-corrected chi connectivity index (χ2v) is 11.6. The number of carbonyl (C=O) groups is 1. The lowest BCUT2D eigenvalue weighted by atomic mass is 9.90. The van der Waals surface area contributed by atoms with Crippen molar-refractivity contribution in [2.24, 2.45) is 16.0 Å². The smallest absolute Gasteiger partial charge is 0.283 e. The van der Waals surface area contributed by atoms with Crippen molar-refractivity contribution in [3.8, 4) is 17.2 Å². The molecule has 1 fully saturated rings. The molecule has 0 unspecified atom stereocenters. The largest absolute Gasteiger partial charge is 0.493 e. The van der Waals surface area contributed by atoms with E-state index in [0.29, 0.717) is 47.3 Å². The maximum absolute atomic E-state index is 12.9. The first-order valence-corrected chi connectivity index (χ1v) is 14.7. The van der Waals surface area contributed by atoms with Gasteiger partial charge >= 0.3 is 0 Å². The van der Waals surface area contributed by atoms with Gasteiger partial charge in [-0.1, -0.05) is 51.3 Å². The van der Waals surface area contributed by atoms with Crippen LogP contribution in [0.3, 0.4) is 0 Å². The standard InChI is InChI=1S/C31H36N4O4S/c1-19(2)23-12-10-20(3)16-26(23)39-15-14-38-25-13-11-21(18-27(25)37-4)17-24-28(32)35-31(33-29(24)36)40-30(34-35)22-8-6-5-7-9-22/h10-13,16-19,22,32H,5-9,14-15H2,1-4H3/b24-17-,32-28?. The molecule has 40 heavy (non-hydrogen) atoms. The number of nitrogens with zero attached hydrogens (tertiary/aromatic N) is 3. The zero-order chi connectivity index (χ0) is 28.2. The number of hydrogen-bond acceptors (Lipinski definition) is 7. The summed E-state index contributed by atoms with van der Waals surface area (Å²) in [6.07, 6.45) is 7.50. The lowest BCUT2D eigenvalue weighted by Crippen LogP contribution is -2.35. The molecule has 0 radical (unpaired) electrons. The molecule has 5 rings (SSSR count). The van der Waals surface area contributed by atoms with E-state index in [2.05, 4.69) is 49.1 Å². The van der Waals surface area contributed by atoms with Crippen LogP contribution in [0.25, 0.3) is 6.08 Å². The molecule has 1 aliphatic carbocycles. The molecule has 2 aliphatic heterocycles. The van der Waals surface area contributed by atoms with E-state index in [0.717, 1.165) is 29.2 Å². The number of amides is 1. The highest BCUT2D eigenvalue weighted by atomic mass is 32.2. The maximum Gasteiger partial charge on any atom is 0.283 e. The van der Waals surface area contributed by atoms with Crippen molar-refractivity contribution in [1.82, 2.24) is 5.01 Å². The number of fused-ring (bicyclic) bond motifs is 1. The Morgan fingerprint density at radius 2 is 1.80 bits per heavy atom. The van der Waals surface area contributed by atoms with Gasteiger partial charge in [0, 0.05) is 5.92 Å². The van der Waals surface area contributed by atoms with Gasteiger partial charge in [0.2, 0.25) is 5.17 Å².